The van der Waals surface area contributed by atoms with E-state index in [1.54, 1.807) is 13.0 Å². The van der Waals surface area contributed by atoms with Gasteiger partial charge in [0, 0.05) is 11.4 Å². The van der Waals surface area contributed by atoms with Crippen molar-refractivity contribution in [3.05, 3.63) is 28.5 Å². The second kappa shape index (κ2) is 6.80. The van der Waals surface area contributed by atoms with E-state index >= 15 is 0 Å². The number of carboxylic acid groups (broad SMARTS) is 1. The molecule has 1 aromatic rings. The highest BCUT2D eigenvalue weighted by molar-refractivity contribution is 7.89. The molecule has 6 nitrogen and oxygen atoms in total. The number of thiophene rings is 1. The Bertz CT molecular complexity index is 562. The molecule has 1 rings (SSSR count). The number of aromatic carboxylic acids is 1. The number of rotatable bonds is 8. The molecule has 106 valence electrons. The SMILES string of the molecule is C=CCOCCNS(=O)(=O)c1cc(C(=O)O)sc1C. The first-order valence-corrected chi connectivity index (χ1v) is 7.70. The van der Waals surface area contributed by atoms with Crippen LogP contribution in [0.5, 0.6) is 0 Å². The molecule has 0 spiro atoms. The maximum atomic E-state index is 11.9. The second-order valence-corrected chi connectivity index (χ2v) is 6.59. The van der Waals surface area contributed by atoms with E-state index in [9.17, 15) is 13.2 Å². The number of carboxylic acids is 1. The Balaban J connectivity index is 2.72. The first-order chi connectivity index (χ1) is 8.88. The molecule has 0 amide bonds. The van der Waals surface area contributed by atoms with Gasteiger partial charge in [0.05, 0.1) is 18.1 Å². The third-order valence-corrected chi connectivity index (χ3v) is 4.90. The number of carbonyl (C=O) groups is 1. The van der Waals surface area contributed by atoms with Crippen LogP contribution in [0.1, 0.15) is 14.5 Å². The molecular formula is C11H15NO5S2. The fourth-order valence-electron chi connectivity index (χ4n) is 1.33. The first-order valence-electron chi connectivity index (χ1n) is 5.40. The van der Waals surface area contributed by atoms with Crippen molar-refractivity contribution in [3.63, 3.8) is 0 Å². The minimum Gasteiger partial charge on any atom is -0.477 e. The molecule has 0 saturated heterocycles. The third kappa shape index (κ3) is 4.43. The van der Waals surface area contributed by atoms with E-state index in [1.165, 1.54) is 0 Å². The normalized spacial score (nSPS) is 11.4. The molecular weight excluding hydrogens is 290 g/mol. The van der Waals surface area contributed by atoms with Gasteiger partial charge in [0.2, 0.25) is 10.0 Å². The van der Waals surface area contributed by atoms with Crippen LogP contribution in [-0.4, -0.2) is 39.3 Å². The fraction of sp³-hybridized carbons (Fsp3) is 0.364. The Morgan fingerprint density at radius 1 is 1.63 bits per heavy atom. The third-order valence-electron chi connectivity index (χ3n) is 2.15. The first kappa shape index (κ1) is 15.8. The van der Waals surface area contributed by atoms with Gasteiger partial charge in [0.1, 0.15) is 4.88 Å². The number of sulfonamides is 1. The zero-order valence-corrected chi connectivity index (χ0v) is 12.0. The van der Waals surface area contributed by atoms with Gasteiger partial charge < -0.3 is 9.84 Å². The van der Waals surface area contributed by atoms with Crippen molar-refractivity contribution >= 4 is 27.3 Å². The van der Waals surface area contributed by atoms with Gasteiger partial charge >= 0.3 is 5.97 Å². The van der Waals surface area contributed by atoms with E-state index in [0.29, 0.717) is 11.5 Å². The molecule has 19 heavy (non-hydrogen) atoms. The molecule has 0 aliphatic heterocycles. The minimum atomic E-state index is -3.70. The number of nitrogens with one attached hydrogen (secondary N) is 1. The lowest BCUT2D eigenvalue weighted by Crippen LogP contribution is -2.27. The van der Waals surface area contributed by atoms with Crippen molar-refractivity contribution in [1.82, 2.24) is 4.72 Å². The summed E-state index contributed by atoms with van der Waals surface area (Å²) in [5, 5.41) is 8.83. The summed E-state index contributed by atoms with van der Waals surface area (Å²) in [7, 11) is -3.70. The second-order valence-electron chi connectivity index (χ2n) is 3.60. The molecule has 0 aliphatic rings. The lowest BCUT2D eigenvalue weighted by Gasteiger charge is -2.06. The van der Waals surface area contributed by atoms with Gasteiger partial charge in [0.25, 0.3) is 0 Å². The highest BCUT2D eigenvalue weighted by Gasteiger charge is 2.21. The highest BCUT2D eigenvalue weighted by atomic mass is 32.2. The predicted molar refractivity (Wildman–Crippen MR) is 72.2 cm³/mol. The van der Waals surface area contributed by atoms with Gasteiger partial charge in [-0.15, -0.1) is 17.9 Å². The van der Waals surface area contributed by atoms with Crippen LogP contribution < -0.4 is 4.72 Å². The smallest absolute Gasteiger partial charge is 0.345 e. The van der Waals surface area contributed by atoms with Crippen LogP contribution in [0.15, 0.2) is 23.6 Å². The minimum absolute atomic E-state index is 0.000724. The van der Waals surface area contributed by atoms with Crippen LogP contribution in [-0.2, 0) is 14.8 Å². The molecule has 0 aliphatic carbocycles. The van der Waals surface area contributed by atoms with Gasteiger partial charge in [-0.05, 0) is 13.0 Å². The van der Waals surface area contributed by atoms with Gasteiger partial charge in [0.15, 0.2) is 0 Å². The average molecular weight is 305 g/mol. The monoisotopic (exact) mass is 305 g/mol. The van der Waals surface area contributed by atoms with Crippen molar-refractivity contribution in [2.75, 3.05) is 19.8 Å². The van der Waals surface area contributed by atoms with Gasteiger partial charge in [-0.2, -0.15) is 0 Å². The summed E-state index contributed by atoms with van der Waals surface area (Å²) in [6.45, 7) is 5.73. The topological polar surface area (TPSA) is 92.7 Å². The molecule has 0 bridgehead atoms. The van der Waals surface area contributed by atoms with Crippen LogP contribution in [0, 0.1) is 6.92 Å². The molecule has 1 heterocycles. The Morgan fingerprint density at radius 2 is 2.32 bits per heavy atom. The van der Waals surface area contributed by atoms with Crippen LogP contribution in [0.25, 0.3) is 0 Å². The van der Waals surface area contributed by atoms with Crippen LogP contribution in [0.3, 0.4) is 0 Å². The average Bonchev–Trinajstić information content (AvgIpc) is 2.72. The van der Waals surface area contributed by atoms with Crippen molar-refractivity contribution in [2.45, 2.75) is 11.8 Å². The van der Waals surface area contributed by atoms with Crippen LogP contribution >= 0.6 is 11.3 Å². The molecule has 2 N–H and O–H groups in total. The number of hydrogen-bond acceptors (Lipinski definition) is 5. The molecule has 0 fully saturated rings. The summed E-state index contributed by atoms with van der Waals surface area (Å²) in [6, 6.07) is 1.16. The lowest BCUT2D eigenvalue weighted by atomic mass is 10.4. The maximum absolute atomic E-state index is 11.9. The van der Waals surface area contributed by atoms with E-state index < -0.39 is 16.0 Å². The summed E-state index contributed by atoms with van der Waals surface area (Å²) >= 11 is 0.933. The molecule has 1 aromatic heterocycles. The van der Waals surface area contributed by atoms with E-state index in [0.717, 1.165) is 17.4 Å². The van der Waals surface area contributed by atoms with Crippen molar-refractivity contribution in [1.29, 1.82) is 0 Å². The fourth-order valence-corrected chi connectivity index (χ4v) is 3.77. The lowest BCUT2D eigenvalue weighted by molar-refractivity contribution is 0.0702. The summed E-state index contributed by atoms with van der Waals surface area (Å²) in [5.41, 5.74) is 0. The summed E-state index contributed by atoms with van der Waals surface area (Å²) < 4.78 is 31.3. The van der Waals surface area contributed by atoms with Crippen LogP contribution in [0.2, 0.25) is 0 Å². The van der Waals surface area contributed by atoms with E-state index in [-0.39, 0.29) is 22.9 Å². The Labute approximate surface area is 115 Å². The maximum Gasteiger partial charge on any atom is 0.345 e. The summed E-state index contributed by atoms with van der Waals surface area (Å²) in [6.07, 6.45) is 1.57. The van der Waals surface area contributed by atoms with Crippen molar-refractivity contribution in [2.24, 2.45) is 0 Å². The Hall–Kier alpha value is -1.22. The Morgan fingerprint density at radius 3 is 2.84 bits per heavy atom. The number of ether oxygens (including phenoxy) is 1. The largest absolute Gasteiger partial charge is 0.477 e. The van der Waals surface area contributed by atoms with Crippen LogP contribution in [0.4, 0.5) is 0 Å². The summed E-state index contributed by atoms with van der Waals surface area (Å²) in [5.74, 6) is -1.14. The standard InChI is InChI=1S/C11H15NO5S2/c1-3-5-17-6-4-12-19(15,16)10-7-9(11(13)14)18-8(10)2/h3,7,12H,1,4-6H2,2H3,(H,13,14). The number of hydrogen-bond donors (Lipinski definition) is 2. The van der Waals surface area contributed by atoms with Gasteiger partial charge in [-0.3, -0.25) is 0 Å². The van der Waals surface area contributed by atoms with Crippen molar-refractivity contribution < 1.29 is 23.1 Å². The zero-order chi connectivity index (χ0) is 14.5. The zero-order valence-electron chi connectivity index (χ0n) is 10.4. The van der Waals surface area contributed by atoms with Gasteiger partial charge in [-0.25, -0.2) is 17.9 Å². The van der Waals surface area contributed by atoms with E-state index in [1.807, 2.05) is 0 Å². The van der Waals surface area contributed by atoms with Gasteiger partial charge in [-0.1, -0.05) is 6.08 Å². The number of aryl methyl sites for hydroxylation is 1. The molecule has 0 saturated carbocycles. The van der Waals surface area contributed by atoms with Crippen molar-refractivity contribution in [3.8, 4) is 0 Å². The van der Waals surface area contributed by atoms with E-state index in [4.69, 9.17) is 9.84 Å². The molecule has 8 heteroatoms. The van der Waals surface area contributed by atoms with E-state index in [2.05, 4.69) is 11.3 Å². The molecule has 0 unspecified atom stereocenters. The predicted octanol–water partition coefficient (Wildman–Crippen LogP) is 1.24. The summed E-state index contributed by atoms with van der Waals surface area (Å²) in [4.78, 5) is 11.2. The molecule has 0 aromatic carbocycles. The molecule has 0 radical (unpaired) electrons. The quantitative estimate of drug-likeness (QED) is 0.557. The highest BCUT2D eigenvalue weighted by Crippen LogP contribution is 2.25. The molecule has 0 atom stereocenters. The Kier molecular flexibility index (Phi) is 5.67.